The molecule has 2 aromatic heterocycles. The molecule has 3 aromatic rings. The number of benzene rings is 1. The fourth-order valence-corrected chi connectivity index (χ4v) is 5.20. The van der Waals surface area contributed by atoms with Gasteiger partial charge < -0.3 is 19.2 Å². The maximum atomic E-state index is 13.3. The van der Waals surface area contributed by atoms with Crippen LogP contribution >= 0.6 is 0 Å². The molecule has 8 nitrogen and oxygen atoms in total. The van der Waals surface area contributed by atoms with E-state index in [9.17, 15) is 20.0 Å². The fourth-order valence-electron chi connectivity index (χ4n) is 5.20. The lowest BCUT2D eigenvalue weighted by Crippen LogP contribution is -3.00. The first-order valence-electron chi connectivity index (χ1n) is 10.7. The lowest BCUT2D eigenvalue weighted by atomic mass is 9.83. The highest BCUT2D eigenvalue weighted by atomic mass is 16.8. The second-order valence-corrected chi connectivity index (χ2v) is 8.99. The zero-order valence-electron chi connectivity index (χ0n) is 17.6. The summed E-state index contributed by atoms with van der Waals surface area (Å²) in [5.41, 5.74) is 1.98. The largest absolute Gasteiger partial charge is 0.595 e. The van der Waals surface area contributed by atoms with Gasteiger partial charge in [0.25, 0.3) is 5.91 Å². The second-order valence-electron chi connectivity index (χ2n) is 8.99. The minimum atomic E-state index is -1.20. The number of likely N-dealkylation sites (tertiary alicyclic amines) is 1. The van der Waals surface area contributed by atoms with E-state index >= 15 is 0 Å². The van der Waals surface area contributed by atoms with Crippen LogP contribution in [0.5, 0.6) is 0 Å². The van der Waals surface area contributed by atoms with Gasteiger partial charge in [-0.3, -0.25) is 9.59 Å². The predicted molar refractivity (Wildman–Crippen MR) is 116 cm³/mol. The summed E-state index contributed by atoms with van der Waals surface area (Å²) in [5, 5.41) is 20.4. The van der Waals surface area contributed by atoms with Crippen LogP contribution in [0.1, 0.15) is 48.3 Å². The van der Waals surface area contributed by atoms with Crippen molar-refractivity contribution < 1.29 is 15.2 Å². The number of quaternary nitrogens is 1. The van der Waals surface area contributed by atoms with Crippen molar-refractivity contribution in [2.45, 2.75) is 38.8 Å². The van der Waals surface area contributed by atoms with Crippen molar-refractivity contribution in [1.29, 1.82) is 0 Å². The average Bonchev–Trinajstić information content (AvgIpc) is 3.17. The van der Waals surface area contributed by atoms with Crippen molar-refractivity contribution >= 4 is 22.5 Å². The Hall–Kier alpha value is -2.94. The molecule has 1 amide bonds. The highest BCUT2D eigenvalue weighted by molar-refractivity contribution is 5.98. The zero-order chi connectivity index (χ0) is 21.9. The first-order valence-corrected chi connectivity index (χ1v) is 10.7. The van der Waals surface area contributed by atoms with Gasteiger partial charge in [0, 0.05) is 66.0 Å². The van der Waals surface area contributed by atoms with Crippen LogP contribution in [0.25, 0.3) is 10.9 Å². The summed E-state index contributed by atoms with van der Waals surface area (Å²) in [5.74, 6) is 0.187. The van der Waals surface area contributed by atoms with Gasteiger partial charge in [-0.25, -0.2) is 5.21 Å². The van der Waals surface area contributed by atoms with Gasteiger partial charge in [0.15, 0.2) is 0 Å². The number of piperidine rings is 1. The van der Waals surface area contributed by atoms with Gasteiger partial charge in [0.1, 0.15) is 0 Å². The third-order valence-electron chi connectivity index (χ3n) is 6.65. The number of pyridine rings is 1. The van der Waals surface area contributed by atoms with Gasteiger partial charge in [-0.2, -0.15) is 5.23 Å². The number of hydrogen-bond acceptors (Lipinski definition) is 4. The van der Waals surface area contributed by atoms with E-state index in [-0.39, 0.29) is 23.4 Å². The summed E-state index contributed by atoms with van der Waals surface area (Å²) in [6, 6.07) is 11.4. The maximum Gasteiger partial charge on any atom is 0.315 e. The molecule has 2 aliphatic rings. The van der Waals surface area contributed by atoms with Crippen LogP contribution in [0, 0.1) is 11.1 Å². The third-order valence-corrected chi connectivity index (χ3v) is 6.65. The Morgan fingerprint density at radius 2 is 1.97 bits per heavy atom. The third kappa shape index (κ3) is 3.27. The van der Waals surface area contributed by atoms with E-state index in [1.807, 2.05) is 29.2 Å². The Labute approximate surface area is 179 Å². The lowest BCUT2D eigenvalue weighted by Gasteiger charge is -2.42. The molecule has 0 saturated carbocycles. The van der Waals surface area contributed by atoms with Gasteiger partial charge in [-0.1, -0.05) is 0 Å². The molecular weight excluding hydrogens is 396 g/mol. The molecule has 0 aliphatic carbocycles. The molecule has 0 spiro atoms. The van der Waals surface area contributed by atoms with E-state index in [2.05, 4.69) is 24.6 Å². The second kappa shape index (κ2) is 7.33. The van der Waals surface area contributed by atoms with Crippen molar-refractivity contribution in [3.05, 3.63) is 69.4 Å². The molecule has 1 saturated heterocycles. The van der Waals surface area contributed by atoms with Crippen LogP contribution in [0.2, 0.25) is 0 Å². The smallest absolute Gasteiger partial charge is 0.315 e. The molecule has 1 aromatic carbocycles. The SMILES string of the molecule is CC(C)n1ccc2cc(C(=O)N3CC4CC(C3)c3ccc([NH+]([O-])O)c(=O)n3C4)ccc21. The zero-order valence-corrected chi connectivity index (χ0v) is 17.6. The molecule has 2 bridgehead atoms. The number of aromatic nitrogens is 2. The summed E-state index contributed by atoms with van der Waals surface area (Å²) < 4.78 is 3.79. The molecule has 2 aliphatic heterocycles. The summed E-state index contributed by atoms with van der Waals surface area (Å²) in [7, 11) is 0. The maximum absolute atomic E-state index is 13.3. The number of nitrogens with zero attached hydrogens (tertiary/aromatic N) is 3. The normalized spacial score (nSPS) is 21.4. The first-order chi connectivity index (χ1) is 14.8. The van der Waals surface area contributed by atoms with Crippen molar-refractivity contribution in [2.24, 2.45) is 5.92 Å². The summed E-state index contributed by atoms with van der Waals surface area (Å²) >= 11 is 0. The molecule has 1 fully saturated rings. The predicted octanol–water partition coefficient (Wildman–Crippen LogP) is 2.05. The molecule has 162 valence electrons. The summed E-state index contributed by atoms with van der Waals surface area (Å²) in [6.07, 6.45) is 2.96. The number of rotatable bonds is 3. The minimum absolute atomic E-state index is 0.00634. The fraction of sp³-hybridized carbons (Fsp3) is 0.391. The number of hydrogen-bond donors (Lipinski definition) is 2. The Morgan fingerprint density at radius 1 is 1.16 bits per heavy atom. The topological polar surface area (TPSA) is 95.0 Å². The van der Waals surface area contributed by atoms with Gasteiger partial charge in [0.2, 0.25) is 5.69 Å². The van der Waals surface area contributed by atoms with Crippen LogP contribution in [-0.2, 0) is 6.54 Å². The molecular formula is C23H26N4O4. The summed E-state index contributed by atoms with van der Waals surface area (Å²) in [4.78, 5) is 27.8. The molecule has 3 atom stereocenters. The van der Waals surface area contributed by atoms with Crippen molar-refractivity contribution in [3.8, 4) is 0 Å². The van der Waals surface area contributed by atoms with E-state index < -0.39 is 10.8 Å². The molecule has 0 radical (unpaired) electrons. The van der Waals surface area contributed by atoms with Crippen LogP contribution in [0.4, 0.5) is 5.69 Å². The van der Waals surface area contributed by atoms with Gasteiger partial charge in [0.05, 0.1) is 0 Å². The Bertz CT molecular complexity index is 1230. The molecule has 5 rings (SSSR count). The number of carbonyl (C=O) groups is 1. The van der Waals surface area contributed by atoms with E-state index in [4.69, 9.17) is 0 Å². The molecule has 2 N–H and O–H groups in total. The van der Waals surface area contributed by atoms with E-state index in [0.717, 1.165) is 23.0 Å². The summed E-state index contributed by atoms with van der Waals surface area (Å²) in [6.45, 7) is 5.82. The highest BCUT2D eigenvalue weighted by Crippen LogP contribution is 2.36. The van der Waals surface area contributed by atoms with Gasteiger partial charge in [-0.05, 0) is 56.5 Å². The van der Waals surface area contributed by atoms with Crippen LogP contribution in [-0.4, -0.2) is 38.2 Å². The average molecular weight is 422 g/mol. The Balaban J connectivity index is 1.43. The van der Waals surface area contributed by atoms with Gasteiger partial charge >= 0.3 is 5.56 Å². The highest BCUT2D eigenvalue weighted by Gasteiger charge is 2.37. The Kier molecular flexibility index (Phi) is 4.73. The first kappa shape index (κ1) is 20.0. The van der Waals surface area contributed by atoms with E-state index in [1.165, 1.54) is 6.07 Å². The molecule has 3 unspecified atom stereocenters. The number of carbonyl (C=O) groups excluding carboxylic acids is 1. The van der Waals surface area contributed by atoms with Crippen LogP contribution in [0.15, 0.2) is 47.4 Å². The Morgan fingerprint density at radius 3 is 2.71 bits per heavy atom. The number of fused-ring (bicyclic) bond motifs is 5. The van der Waals surface area contributed by atoms with Gasteiger partial charge in [-0.15, -0.1) is 0 Å². The number of amides is 1. The lowest BCUT2D eigenvalue weighted by molar-refractivity contribution is -0.992. The minimum Gasteiger partial charge on any atom is -0.595 e. The van der Waals surface area contributed by atoms with Crippen LogP contribution in [0.3, 0.4) is 0 Å². The molecule has 8 heteroatoms. The van der Waals surface area contributed by atoms with Crippen LogP contribution < -0.4 is 10.8 Å². The monoisotopic (exact) mass is 422 g/mol. The standard InChI is InChI=1S/C23H26N4O4/c1-14(2)25-8-7-16-10-17(3-4-19(16)25)22(28)24-11-15-9-18(13-24)20-5-6-21(27(30)31)23(29)26(20)12-15/h3-8,10,14-15,18,27,30H,9,11-13H2,1-2H3. The molecule has 31 heavy (non-hydrogen) atoms. The quantitative estimate of drug-likeness (QED) is 0.632. The number of nitrogens with one attached hydrogen (secondary N) is 1. The van der Waals surface area contributed by atoms with E-state index in [1.54, 1.807) is 10.6 Å². The molecule has 4 heterocycles. The van der Waals surface area contributed by atoms with E-state index in [0.29, 0.717) is 31.2 Å². The van der Waals surface area contributed by atoms with Crippen molar-refractivity contribution in [1.82, 2.24) is 14.0 Å². The van der Waals surface area contributed by atoms with Crippen molar-refractivity contribution in [3.63, 3.8) is 0 Å². The van der Waals surface area contributed by atoms with Crippen molar-refractivity contribution in [2.75, 3.05) is 13.1 Å².